The summed E-state index contributed by atoms with van der Waals surface area (Å²) >= 11 is 0. The molecule has 8 bridgehead atoms. The van der Waals surface area contributed by atoms with Gasteiger partial charge in [0, 0.05) is 36.8 Å². The molecule has 0 aliphatic heterocycles. The van der Waals surface area contributed by atoms with E-state index >= 15 is 0 Å². The number of phenolic OH excluding ortho intramolecular Hbond substituents is 4. The number of methoxy groups -OCH3 is 1. The predicted molar refractivity (Wildman–Crippen MR) is 186 cm³/mol. The molecule has 0 aromatic heterocycles. The molecule has 244 valence electrons. The second-order valence-corrected chi connectivity index (χ2v) is 16.2. The van der Waals surface area contributed by atoms with Gasteiger partial charge in [-0.3, -0.25) is 0 Å². The van der Waals surface area contributed by atoms with Gasteiger partial charge < -0.3 is 25.2 Å². The number of aromatic hydroxyl groups is 4. The van der Waals surface area contributed by atoms with Crippen LogP contribution in [0.25, 0.3) is 0 Å². The molecule has 5 rings (SSSR count). The lowest BCUT2D eigenvalue weighted by Gasteiger charge is -2.26. The number of rotatable bonds is 1. The zero-order valence-electron chi connectivity index (χ0n) is 29.1. The van der Waals surface area contributed by atoms with Crippen molar-refractivity contribution in [1.82, 2.24) is 0 Å². The minimum Gasteiger partial charge on any atom is -0.507 e. The second kappa shape index (κ2) is 11.6. The summed E-state index contributed by atoms with van der Waals surface area (Å²) in [6, 6.07) is 15.8. The minimum absolute atomic E-state index is 0.120. The fourth-order valence-corrected chi connectivity index (χ4v) is 6.32. The number of hydrogen-bond donors (Lipinski definition) is 4. The fraction of sp³-hybridized carbons (Fsp3) is 0.415. The SMILES string of the molecule is COc1cc2c(O)c(c1)Cc1cc(C(C)(C)C)cc(c1O)Cc1cc(C(C)(C)C)cc(c1O)Cc1cc(C(C)(C)C)cc(c1O)C2. The van der Waals surface area contributed by atoms with Crippen LogP contribution in [0, 0.1) is 0 Å². The van der Waals surface area contributed by atoms with Crippen LogP contribution in [0.2, 0.25) is 0 Å². The van der Waals surface area contributed by atoms with Gasteiger partial charge in [0.2, 0.25) is 0 Å². The summed E-state index contributed by atoms with van der Waals surface area (Å²) < 4.78 is 5.67. The summed E-state index contributed by atoms with van der Waals surface area (Å²) in [4.78, 5) is 0. The molecule has 0 fully saturated rings. The second-order valence-electron chi connectivity index (χ2n) is 16.2. The molecule has 0 heterocycles. The topological polar surface area (TPSA) is 90.2 Å². The van der Waals surface area contributed by atoms with E-state index in [1.807, 2.05) is 48.5 Å². The Morgan fingerprint density at radius 3 is 0.761 bits per heavy atom. The third-order valence-corrected chi connectivity index (χ3v) is 9.40. The highest BCUT2D eigenvalue weighted by molar-refractivity contribution is 5.59. The average molecular weight is 623 g/mol. The van der Waals surface area contributed by atoms with Gasteiger partial charge in [0.25, 0.3) is 0 Å². The molecular formula is C41H50O5. The Morgan fingerprint density at radius 2 is 0.587 bits per heavy atom. The number of benzene rings is 4. The van der Waals surface area contributed by atoms with Gasteiger partial charge in [-0.1, -0.05) is 98.7 Å². The molecule has 5 nitrogen and oxygen atoms in total. The fourth-order valence-electron chi connectivity index (χ4n) is 6.32. The van der Waals surface area contributed by atoms with Crippen molar-refractivity contribution in [2.75, 3.05) is 7.11 Å². The smallest absolute Gasteiger partial charge is 0.122 e. The Labute approximate surface area is 274 Å². The van der Waals surface area contributed by atoms with Crippen LogP contribution >= 0.6 is 0 Å². The molecule has 4 aromatic rings. The Kier molecular flexibility index (Phi) is 8.38. The normalized spacial score (nSPS) is 13.9. The maximum Gasteiger partial charge on any atom is 0.122 e. The molecule has 0 radical (unpaired) electrons. The highest BCUT2D eigenvalue weighted by atomic mass is 16.5. The number of fused-ring (bicyclic) bond motifs is 8. The lowest BCUT2D eigenvalue weighted by Crippen LogP contribution is -2.15. The number of ether oxygens (including phenoxy) is 1. The van der Waals surface area contributed by atoms with Gasteiger partial charge in [-0.05, 0) is 78.4 Å². The number of phenols is 4. The van der Waals surface area contributed by atoms with E-state index in [4.69, 9.17) is 4.74 Å². The van der Waals surface area contributed by atoms with E-state index in [0.717, 1.165) is 27.8 Å². The molecule has 1 aliphatic carbocycles. The Hall–Kier alpha value is -4.12. The summed E-state index contributed by atoms with van der Waals surface area (Å²) in [6.07, 6.45) is 1.19. The average Bonchev–Trinajstić information content (AvgIpc) is 2.94. The van der Waals surface area contributed by atoms with Crippen LogP contribution < -0.4 is 4.74 Å². The van der Waals surface area contributed by atoms with Crippen molar-refractivity contribution in [3.63, 3.8) is 0 Å². The minimum atomic E-state index is -0.203. The van der Waals surface area contributed by atoms with Gasteiger partial charge >= 0.3 is 0 Å². The molecule has 5 heteroatoms. The molecule has 0 amide bonds. The summed E-state index contributed by atoms with van der Waals surface area (Å²) in [5.74, 6) is 1.20. The van der Waals surface area contributed by atoms with Crippen molar-refractivity contribution < 1.29 is 25.2 Å². The maximum absolute atomic E-state index is 11.8. The van der Waals surface area contributed by atoms with E-state index in [1.165, 1.54) is 0 Å². The largest absolute Gasteiger partial charge is 0.507 e. The van der Waals surface area contributed by atoms with Crippen molar-refractivity contribution in [2.24, 2.45) is 0 Å². The van der Waals surface area contributed by atoms with Gasteiger partial charge in [-0.15, -0.1) is 0 Å². The number of hydrogen-bond acceptors (Lipinski definition) is 5. The Balaban J connectivity index is 1.87. The standard InChI is InChI=1S/C41H50O5/c1-39(2,3)31-15-23-11-25-17-32(40(4,5)6)19-27(36(25)43)13-29-21-34(46-10)22-30(38(29)45)14-28-20-33(41(7,8)9)18-26(37(28)44)12-24(16-31)35(23)42/h15-22,42-45H,11-14H2,1-10H3. The van der Waals surface area contributed by atoms with Crippen molar-refractivity contribution in [1.29, 1.82) is 0 Å². The summed E-state index contributed by atoms with van der Waals surface area (Å²) in [6.45, 7) is 19.3. The molecule has 0 atom stereocenters. The zero-order chi connectivity index (χ0) is 33.9. The summed E-state index contributed by atoms with van der Waals surface area (Å²) in [7, 11) is 1.60. The lowest BCUT2D eigenvalue weighted by molar-refractivity contribution is 0.409. The zero-order valence-corrected chi connectivity index (χ0v) is 29.1. The van der Waals surface area contributed by atoms with Crippen LogP contribution in [0.3, 0.4) is 0 Å². The molecule has 46 heavy (non-hydrogen) atoms. The monoisotopic (exact) mass is 622 g/mol. The van der Waals surface area contributed by atoms with Gasteiger partial charge in [0.1, 0.15) is 28.7 Å². The third-order valence-electron chi connectivity index (χ3n) is 9.40. The molecule has 0 unspecified atom stereocenters. The van der Waals surface area contributed by atoms with Gasteiger partial charge in [-0.25, -0.2) is 0 Å². The van der Waals surface area contributed by atoms with Crippen LogP contribution in [0.1, 0.15) is 124 Å². The van der Waals surface area contributed by atoms with Crippen LogP contribution in [-0.2, 0) is 41.9 Å². The first-order valence-corrected chi connectivity index (χ1v) is 16.2. The van der Waals surface area contributed by atoms with Gasteiger partial charge in [0.15, 0.2) is 0 Å². The third kappa shape index (κ3) is 6.56. The van der Waals surface area contributed by atoms with Crippen molar-refractivity contribution in [3.8, 4) is 28.7 Å². The molecule has 4 N–H and O–H groups in total. The highest BCUT2D eigenvalue weighted by Gasteiger charge is 2.26. The van der Waals surface area contributed by atoms with Crippen LogP contribution in [0.15, 0.2) is 48.5 Å². The predicted octanol–water partition coefficient (Wildman–Crippen LogP) is 9.09. The van der Waals surface area contributed by atoms with E-state index in [-0.39, 0.29) is 52.1 Å². The molecule has 0 saturated carbocycles. The summed E-state index contributed by atoms with van der Waals surface area (Å²) in [5.41, 5.74) is 8.08. The first kappa shape index (κ1) is 33.2. The van der Waals surface area contributed by atoms with Crippen LogP contribution in [0.5, 0.6) is 28.7 Å². The van der Waals surface area contributed by atoms with E-state index in [1.54, 1.807) is 7.11 Å². The molecule has 0 spiro atoms. The first-order chi connectivity index (χ1) is 21.3. The molecule has 1 aliphatic rings. The first-order valence-electron chi connectivity index (χ1n) is 16.2. The van der Waals surface area contributed by atoms with Gasteiger partial charge in [-0.2, -0.15) is 0 Å². The van der Waals surface area contributed by atoms with Crippen LogP contribution in [-0.4, -0.2) is 27.5 Å². The van der Waals surface area contributed by atoms with Crippen molar-refractivity contribution >= 4 is 0 Å². The molecule has 0 saturated heterocycles. The van der Waals surface area contributed by atoms with Gasteiger partial charge in [0.05, 0.1) is 7.11 Å². The van der Waals surface area contributed by atoms with Crippen LogP contribution in [0.4, 0.5) is 0 Å². The molecule has 4 aromatic carbocycles. The lowest BCUT2D eigenvalue weighted by atomic mass is 9.80. The Morgan fingerprint density at radius 1 is 0.391 bits per heavy atom. The quantitative estimate of drug-likeness (QED) is 0.150. The van der Waals surface area contributed by atoms with E-state index in [2.05, 4.69) is 62.3 Å². The van der Waals surface area contributed by atoms with E-state index < -0.39 is 0 Å². The van der Waals surface area contributed by atoms with E-state index in [0.29, 0.717) is 52.0 Å². The highest BCUT2D eigenvalue weighted by Crippen LogP contribution is 2.42. The van der Waals surface area contributed by atoms with E-state index in [9.17, 15) is 20.4 Å². The maximum atomic E-state index is 11.8. The van der Waals surface area contributed by atoms with Crippen molar-refractivity contribution in [2.45, 2.75) is 104 Å². The van der Waals surface area contributed by atoms with Crippen molar-refractivity contribution in [3.05, 3.63) is 110 Å². The summed E-state index contributed by atoms with van der Waals surface area (Å²) in [5, 5.41) is 47.1. The Bertz CT molecular complexity index is 1690. The molecular weight excluding hydrogens is 572 g/mol.